The van der Waals surface area contributed by atoms with Crippen LogP contribution in [0.1, 0.15) is 64.3 Å². The summed E-state index contributed by atoms with van der Waals surface area (Å²) < 4.78 is 10.9. The molecule has 21 heavy (non-hydrogen) atoms. The zero-order valence-electron chi connectivity index (χ0n) is 13.3. The molecule has 6 nitrogen and oxygen atoms in total. The summed E-state index contributed by atoms with van der Waals surface area (Å²) in [5.41, 5.74) is -0.172. The van der Waals surface area contributed by atoms with Crippen LogP contribution in [0.5, 0.6) is 0 Å². The number of nitrogens with one attached hydrogen (secondary N) is 1. The van der Waals surface area contributed by atoms with E-state index in [0.717, 1.165) is 25.7 Å². The van der Waals surface area contributed by atoms with Crippen LogP contribution in [0.4, 0.5) is 0 Å². The summed E-state index contributed by atoms with van der Waals surface area (Å²) in [6, 6.07) is 0. The summed E-state index contributed by atoms with van der Waals surface area (Å²) in [6.45, 7) is 7.46. The van der Waals surface area contributed by atoms with Crippen LogP contribution in [-0.2, 0) is 11.3 Å². The Kier molecular flexibility index (Phi) is 5.72. The SMILES string of the molecule is CC(C)COC(C)c1noc(CNC2(CO)CCCC2)n1. The molecule has 1 aliphatic carbocycles. The molecule has 0 spiro atoms. The van der Waals surface area contributed by atoms with Crippen LogP contribution >= 0.6 is 0 Å². The Morgan fingerprint density at radius 2 is 2.05 bits per heavy atom. The largest absolute Gasteiger partial charge is 0.394 e. The molecule has 0 amide bonds. The van der Waals surface area contributed by atoms with Crippen LogP contribution in [0.3, 0.4) is 0 Å². The zero-order valence-corrected chi connectivity index (χ0v) is 13.3. The van der Waals surface area contributed by atoms with E-state index < -0.39 is 0 Å². The third-order valence-corrected chi connectivity index (χ3v) is 4.00. The van der Waals surface area contributed by atoms with Gasteiger partial charge in [-0.1, -0.05) is 31.8 Å². The average Bonchev–Trinajstić information content (AvgIpc) is 3.12. The van der Waals surface area contributed by atoms with E-state index in [1.54, 1.807) is 0 Å². The molecule has 1 aliphatic rings. The number of nitrogens with zero attached hydrogens (tertiary/aromatic N) is 2. The molecular weight excluding hydrogens is 270 g/mol. The summed E-state index contributed by atoms with van der Waals surface area (Å²) in [4.78, 5) is 4.37. The monoisotopic (exact) mass is 297 g/mol. The standard InChI is InChI=1S/C15H27N3O3/c1-11(2)9-20-12(3)14-17-13(21-18-14)8-16-15(10-19)6-4-5-7-15/h11-12,16,19H,4-10H2,1-3H3. The number of ether oxygens (including phenoxy) is 1. The van der Waals surface area contributed by atoms with Gasteiger partial charge in [-0.15, -0.1) is 0 Å². The molecule has 1 aromatic heterocycles. The van der Waals surface area contributed by atoms with Crippen molar-refractivity contribution < 1.29 is 14.4 Å². The third-order valence-electron chi connectivity index (χ3n) is 4.00. The fraction of sp³-hybridized carbons (Fsp3) is 0.867. The minimum absolute atomic E-state index is 0.155. The minimum Gasteiger partial charge on any atom is -0.394 e. The Morgan fingerprint density at radius 1 is 1.33 bits per heavy atom. The predicted octanol–water partition coefficient (Wildman–Crippen LogP) is 2.20. The number of rotatable bonds is 8. The molecule has 1 atom stereocenters. The van der Waals surface area contributed by atoms with Gasteiger partial charge in [-0.05, 0) is 25.7 Å². The molecule has 0 bridgehead atoms. The van der Waals surface area contributed by atoms with Gasteiger partial charge in [0.15, 0.2) is 5.82 Å². The van der Waals surface area contributed by atoms with E-state index in [9.17, 15) is 5.11 Å². The first-order valence-electron chi connectivity index (χ1n) is 7.84. The highest BCUT2D eigenvalue weighted by Crippen LogP contribution is 2.29. The lowest BCUT2D eigenvalue weighted by atomic mass is 9.99. The molecule has 0 aliphatic heterocycles. The number of hydrogen-bond donors (Lipinski definition) is 2. The number of aliphatic hydroxyl groups is 1. The highest BCUT2D eigenvalue weighted by Gasteiger charge is 2.33. The van der Waals surface area contributed by atoms with E-state index in [2.05, 4.69) is 29.3 Å². The van der Waals surface area contributed by atoms with Gasteiger partial charge < -0.3 is 19.7 Å². The maximum Gasteiger partial charge on any atom is 0.240 e. The van der Waals surface area contributed by atoms with Gasteiger partial charge in [-0.3, -0.25) is 0 Å². The van der Waals surface area contributed by atoms with Crippen molar-refractivity contribution in [3.05, 3.63) is 11.7 Å². The van der Waals surface area contributed by atoms with Crippen molar-refractivity contribution in [3.8, 4) is 0 Å². The third kappa shape index (κ3) is 4.49. The van der Waals surface area contributed by atoms with Crippen molar-refractivity contribution >= 4 is 0 Å². The molecular formula is C15H27N3O3. The lowest BCUT2D eigenvalue weighted by Gasteiger charge is -2.27. The Bertz CT molecular complexity index is 428. The Balaban J connectivity index is 1.85. The van der Waals surface area contributed by atoms with Crippen LogP contribution in [0.2, 0.25) is 0 Å². The Labute approximate surface area is 126 Å². The fourth-order valence-corrected chi connectivity index (χ4v) is 2.62. The van der Waals surface area contributed by atoms with Gasteiger partial charge in [0.05, 0.1) is 13.2 Å². The second-order valence-electron chi connectivity index (χ2n) is 6.41. The molecule has 120 valence electrons. The van der Waals surface area contributed by atoms with Crippen LogP contribution < -0.4 is 5.32 Å². The quantitative estimate of drug-likeness (QED) is 0.765. The summed E-state index contributed by atoms with van der Waals surface area (Å²) in [5, 5.41) is 16.9. The van der Waals surface area contributed by atoms with Gasteiger partial charge in [0, 0.05) is 12.1 Å². The number of aromatic nitrogens is 2. The van der Waals surface area contributed by atoms with Gasteiger partial charge in [0.25, 0.3) is 0 Å². The topological polar surface area (TPSA) is 80.4 Å². The van der Waals surface area contributed by atoms with Crippen LogP contribution in [-0.4, -0.2) is 34.0 Å². The molecule has 1 fully saturated rings. The second kappa shape index (κ2) is 7.33. The molecule has 6 heteroatoms. The molecule has 0 saturated heterocycles. The van der Waals surface area contributed by atoms with Crippen molar-refractivity contribution in [2.45, 2.75) is 64.6 Å². The van der Waals surface area contributed by atoms with Crippen LogP contribution in [0, 0.1) is 5.92 Å². The van der Waals surface area contributed by atoms with Gasteiger partial charge >= 0.3 is 0 Å². The lowest BCUT2D eigenvalue weighted by Crippen LogP contribution is -2.45. The summed E-state index contributed by atoms with van der Waals surface area (Å²) in [7, 11) is 0. The normalized spacial score (nSPS) is 19.3. The molecule has 0 radical (unpaired) electrons. The highest BCUT2D eigenvalue weighted by atomic mass is 16.5. The highest BCUT2D eigenvalue weighted by molar-refractivity contribution is 4.95. The van der Waals surface area contributed by atoms with Gasteiger partial charge in [0.2, 0.25) is 5.89 Å². The maximum atomic E-state index is 9.56. The summed E-state index contributed by atoms with van der Waals surface area (Å²) in [6.07, 6.45) is 4.14. The molecule has 2 rings (SSSR count). The smallest absolute Gasteiger partial charge is 0.240 e. The molecule has 0 aromatic carbocycles. The maximum absolute atomic E-state index is 9.56. The summed E-state index contributed by atoms with van der Waals surface area (Å²) >= 11 is 0. The van der Waals surface area contributed by atoms with E-state index in [1.807, 2.05) is 6.92 Å². The predicted molar refractivity (Wildman–Crippen MR) is 78.6 cm³/mol. The van der Waals surface area contributed by atoms with E-state index in [4.69, 9.17) is 9.26 Å². The van der Waals surface area contributed by atoms with Crippen LogP contribution in [0.25, 0.3) is 0 Å². The molecule has 1 aromatic rings. The van der Waals surface area contributed by atoms with E-state index in [1.165, 1.54) is 0 Å². The molecule has 1 saturated carbocycles. The fourth-order valence-electron chi connectivity index (χ4n) is 2.62. The van der Waals surface area contributed by atoms with Crippen molar-refractivity contribution in [2.75, 3.05) is 13.2 Å². The van der Waals surface area contributed by atoms with Gasteiger partial charge in [-0.25, -0.2) is 0 Å². The van der Waals surface area contributed by atoms with E-state index in [0.29, 0.717) is 30.8 Å². The van der Waals surface area contributed by atoms with Crippen molar-refractivity contribution in [1.82, 2.24) is 15.5 Å². The second-order valence-corrected chi connectivity index (χ2v) is 6.41. The minimum atomic E-state index is -0.172. The van der Waals surface area contributed by atoms with Crippen molar-refractivity contribution in [3.63, 3.8) is 0 Å². The van der Waals surface area contributed by atoms with Crippen LogP contribution in [0.15, 0.2) is 4.52 Å². The lowest BCUT2D eigenvalue weighted by molar-refractivity contribution is 0.0402. The van der Waals surface area contributed by atoms with Gasteiger partial charge in [0.1, 0.15) is 6.10 Å². The van der Waals surface area contributed by atoms with E-state index >= 15 is 0 Å². The number of aliphatic hydroxyl groups excluding tert-OH is 1. The zero-order chi connectivity index (χ0) is 15.3. The summed E-state index contributed by atoms with van der Waals surface area (Å²) in [5.74, 6) is 1.61. The average molecular weight is 297 g/mol. The number of hydrogen-bond acceptors (Lipinski definition) is 6. The van der Waals surface area contributed by atoms with Gasteiger partial charge in [-0.2, -0.15) is 4.98 Å². The molecule has 2 N–H and O–H groups in total. The van der Waals surface area contributed by atoms with E-state index in [-0.39, 0.29) is 18.2 Å². The first-order chi connectivity index (χ1) is 10.0. The first kappa shape index (κ1) is 16.4. The first-order valence-corrected chi connectivity index (χ1v) is 7.84. The molecule has 1 heterocycles. The molecule has 1 unspecified atom stereocenters. The Hall–Kier alpha value is -0.980. The van der Waals surface area contributed by atoms with Crippen molar-refractivity contribution in [1.29, 1.82) is 0 Å². The Morgan fingerprint density at radius 3 is 2.67 bits per heavy atom. The van der Waals surface area contributed by atoms with Crippen molar-refractivity contribution in [2.24, 2.45) is 5.92 Å².